The van der Waals surface area contributed by atoms with Crippen molar-refractivity contribution in [3.8, 4) is 11.5 Å². The van der Waals surface area contributed by atoms with Gasteiger partial charge in [0.2, 0.25) is 0 Å². The van der Waals surface area contributed by atoms with Gasteiger partial charge in [0, 0.05) is 16.2 Å². The maximum Gasteiger partial charge on any atom is 0.267 e. The molecule has 0 fully saturated rings. The molecule has 0 radical (unpaired) electrons. The summed E-state index contributed by atoms with van der Waals surface area (Å²) >= 11 is 4.72. The largest absolute Gasteiger partial charge is 0.494 e. The molecule has 0 spiro atoms. The van der Waals surface area contributed by atoms with E-state index in [9.17, 15) is 9.59 Å². The van der Waals surface area contributed by atoms with Gasteiger partial charge in [-0.2, -0.15) is 0 Å². The maximum atomic E-state index is 12.8. The minimum absolute atomic E-state index is 0.218. The summed E-state index contributed by atoms with van der Waals surface area (Å²) in [5.74, 6) is 0.485. The third kappa shape index (κ3) is 5.40. The monoisotopic (exact) mass is 488 g/mol. The van der Waals surface area contributed by atoms with Crippen LogP contribution in [0.3, 0.4) is 0 Å². The van der Waals surface area contributed by atoms with Gasteiger partial charge in [0.1, 0.15) is 11.5 Å². The number of anilines is 2. The van der Waals surface area contributed by atoms with E-state index in [0.717, 1.165) is 4.47 Å². The van der Waals surface area contributed by atoms with E-state index in [1.165, 1.54) is 18.4 Å². The fourth-order valence-electron chi connectivity index (χ4n) is 2.59. The predicted octanol–water partition coefficient (Wildman–Crippen LogP) is 5.57. The Kier molecular flexibility index (Phi) is 6.79. The van der Waals surface area contributed by atoms with Crippen LogP contribution in [0.4, 0.5) is 11.4 Å². The molecule has 2 N–H and O–H groups in total. The lowest BCUT2D eigenvalue weighted by atomic mass is 10.1. The number of halogens is 1. The second-order valence-corrected chi connectivity index (χ2v) is 8.73. The van der Waals surface area contributed by atoms with E-state index < -0.39 is 5.60 Å². The highest BCUT2D eigenvalue weighted by Gasteiger charge is 2.30. The molecule has 0 aliphatic carbocycles. The maximum absolute atomic E-state index is 12.8. The molecular formula is C22H21BrN2O4S. The van der Waals surface area contributed by atoms with Crippen LogP contribution in [0.25, 0.3) is 0 Å². The Labute approximate surface area is 187 Å². The highest BCUT2D eigenvalue weighted by atomic mass is 79.9. The summed E-state index contributed by atoms with van der Waals surface area (Å²) < 4.78 is 12.2. The van der Waals surface area contributed by atoms with Gasteiger partial charge in [0.25, 0.3) is 11.8 Å². The summed E-state index contributed by atoms with van der Waals surface area (Å²) in [6, 6.07) is 15.8. The molecule has 8 heteroatoms. The first-order valence-corrected chi connectivity index (χ1v) is 10.7. The number of nitrogens with one attached hydrogen (secondary N) is 2. The molecule has 2 amide bonds. The number of thiophene rings is 1. The third-order valence-electron chi connectivity index (χ3n) is 4.19. The molecular weight excluding hydrogens is 468 g/mol. The highest BCUT2D eigenvalue weighted by molar-refractivity contribution is 9.10. The van der Waals surface area contributed by atoms with Gasteiger partial charge in [0.15, 0.2) is 5.60 Å². The van der Waals surface area contributed by atoms with E-state index >= 15 is 0 Å². The van der Waals surface area contributed by atoms with E-state index in [1.54, 1.807) is 50.2 Å². The van der Waals surface area contributed by atoms with Crippen LogP contribution in [0, 0.1) is 0 Å². The molecule has 156 valence electrons. The van der Waals surface area contributed by atoms with Gasteiger partial charge in [-0.05, 0) is 61.7 Å². The summed E-state index contributed by atoms with van der Waals surface area (Å²) in [5, 5.41) is 7.49. The summed E-state index contributed by atoms with van der Waals surface area (Å²) in [7, 11) is 1.50. The zero-order chi connectivity index (χ0) is 21.7. The molecule has 30 heavy (non-hydrogen) atoms. The molecule has 0 unspecified atom stereocenters. The molecule has 1 aromatic heterocycles. The van der Waals surface area contributed by atoms with Crippen LogP contribution in [0.5, 0.6) is 11.5 Å². The number of hydrogen-bond donors (Lipinski definition) is 2. The fraction of sp³-hybridized carbons (Fsp3) is 0.182. The first kappa shape index (κ1) is 21.9. The predicted molar refractivity (Wildman–Crippen MR) is 123 cm³/mol. The van der Waals surface area contributed by atoms with E-state index in [4.69, 9.17) is 9.47 Å². The quantitative estimate of drug-likeness (QED) is 0.455. The smallest absolute Gasteiger partial charge is 0.267 e. The van der Waals surface area contributed by atoms with Crippen LogP contribution in [-0.2, 0) is 4.79 Å². The van der Waals surface area contributed by atoms with Crippen LogP contribution in [0.15, 0.2) is 64.5 Å². The number of hydrogen-bond acceptors (Lipinski definition) is 5. The average Bonchev–Trinajstić information content (AvgIpc) is 3.25. The molecule has 2 aromatic carbocycles. The minimum atomic E-state index is -1.10. The van der Waals surface area contributed by atoms with Crippen molar-refractivity contribution in [2.75, 3.05) is 17.7 Å². The standard InChI is InChI=1S/C22H21BrN2O4S/c1-22(2,29-16-9-6-14(23)7-10-16)21(27)24-15-8-11-17(18(13-15)28-3)25-20(26)19-5-4-12-30-19/h4-13H,1-3H3,(H,24,27)(H,25,26). The zero-order valence-electron chi connectivity index (χ0n) is 16.7. The van der Waals surface area contributed by atoms with Crippen LogP contribution in [0.2, 0.25) is 0 Å². The van der Waals surface area contributed by atoms with Crippen molar-refractivity contribution in [3.63, 3.8) is 0 Å². The Morgan fingerprint density at radius 2 is 1.77 bits per heavy atom. The Hall–Kier alpha value is -2.84. The highest BCUT2D eigenvalue weighted by Crippen LogP contribution is 2.30. The van der Waals surface area contributed by atoms with Crippen molar-refractivity contribution in [2.45, 2.75) is 19.4 Å². The topological polar surface area (TPSA) is 76.7 Å². The summed E-state index contributed by atoms with van der Waals surface area (Å²) in [5.41, 5.74) is -0.0645. The first-order chi connectivity index (χ1) is 14.3. The molecule has 0 bridgehead atoms. The Bertz CT molecular complexity index is 1030. The van der Waals surface area contributed by atoms with Crippen LogP contribution >= 0.6 is 27.3 Å². The van der Waals surface area contributed by atoms with Gasteiger partial charge in [-0.15, -0.1) is 11.3 Å². The van der Waals surface area contributed by atoms with Crippen LogP contribution in [0.1, 0.15) is 23.5 Å². The lowest BCUT2D eigenvalue weighted by Gasteiger charge is -2.25. The Morgan fingerprint density at radius 1 is 1.03 bits per heavy atom. The minimum Gasteiger partial charge on any atom is -0.494 e. The molecule has 0 saturated heterocycles. The summed E-state index contributed by atoms with van der Waals surface area (Å²) in [4.78, 5) is 25.7. The molecule has 0 atom stereocenters. The van der Waals surface area contributed by atoms with Crippen molar-refractivity contribution in [1.82, 2.24) is 0 Å². The Morgan fingerprint density at radius 3 is 2.40 bits per heavy atom. The van der Waals surface area contributed by atoms with Gasteiger partial charge in [-0.25, -0.2) is 0 Å². The molecule has 6 nitrogen and oxygen atoms in total. The van der Waals surface area contributed by atoms with Crippen LogP contribution in [-0.4, -0.2) is 24.5 Å². The molecule has 0 saturated carbocycles. The molecule has 1 heterocycles. The van der Waals surface area contributed by atoms with Gasteiger partial charge >= 0.3 is 0 Å². The number of carbonyl (C=O) groups excluding carboxylic acids is 2. The Balaban J connectivity index is 1.70. The van der Waals surface area contributed by atoms with E-state index in [-0.39, 0.29) is 11.8 Å². The van der Waals surface area contributed by atoms with Gasteiger partial charge in [0.05, 0.1) is 17.7 Å². The number of benzene rings is 2. The fourth-order valence-corrected chi connectivity index (χ4v) is 3.47. The summed E-state index contributed by atoms with van der Waals surface area (Å²) in [6.45, 7) is 3.38. The molecule has 3 aromatic rings. The van der Waals surface area contributed by atoms with Crippen molar-refractivity contribution < 1.29 is 19.1 Å². The average molecular weight is 489 g/mol. The number of methoxy groups -OCH3 is 1. The SMILES string of the molecule is COc1cc(NC(=O)C(C)(C)Oc2ccc(Br)cc2)ccc1NC(=O)c1cccs1. The van der Waals surface area contributed by atoms with Crippen molar-refractivity contribution in [1.29, 1.82) is 0 Å². The van der Waals surface area contributed by atoms with E-state index in [1.807, 2.05) is 23.6 Å². The summed E-state index contributed by atoms with van der Waals surface area (Å²) in [6.07, 6.45) is 0. The van der Waals surface area contributed by atoms with Crippen molar-refractivity contribution >= 4 is 50.5 Å². The van der Waals surface area contributed by atoms with Crippen molar-refractivity contribution in [3.05, 3.63) is 69.3 Å². The second kappa shape index (κ2) is 9.32. The zero-order valence-corrected chi connectivity index (χ0v) is 19.1. The first-order valence-electron chi connectivity index (χ1n) is 9.07. The number of carbonyl (C=O) groups is 2. The van der Waals surface area contributed by atoms with Gasteiger partial charge < -0.3 is 20.1 Å². The molecule has 3 rings (SSSR count). The normalized spacial score (nSPS) is 10.9. The van der Waals surface area contributed by atoms with E-state index in [0.29, 0.717) is 27.8 Å². The van der Waals surface area contributed by atoms with Gasteiger partial charge in [-0.3, -0.25) is 9.59 Å². The van der Waals surface area contributed by atoms with Crippen LogP contribution < -0.4 is 20.1 Å². The van der Waals surface area contributed by atoms with Crippen molar-refractivity contribution in [2.24, 2.45) is 0 Å². The third-order valence-corrected chi connectivity index (χ3v) is 5.58. The second-order valence-electron chi connectivity index (χ2n) is 6.87. The number of ether oxygens (including phenoxy) is 2. The molecule has 0 aliphatic heterocycles. The number of amides is 2. The lowest BCUT2D eigenvalue weighted by molar-refractivity contribution is -0.128. The molecule has 0 aliphatic rings. The van der Waals surface area contributed by atoms with Gasteiger partial charge in [-0.1, -0.05) is 22.0 Å². The van der Waals surface area contributed by atoms with E-state index in [2.05, 4.69) is 26.6 Å². The lowest BCUT2D eigenvalue weighted by Crippen LogP contribution is -2.42. The number of rotatable bonds is 7.